The van der Waals surface area contributed by atoms with Gasteiger partial charge >= 0.3 is 6.09 Å². The van der Waals surface area contributed by atoms with Crippen LogP contribution in [0.1, 0.15) is 33.4 Å². The summed E-state index contributed by atoms with van der Waals surface area (Å²) in [4.78, 5) is 16.3. The Kier molecular flexibility index (Phi) is 4.71. The number of rotatable bonds is 4. The van der Waals surface area contributed by atoms with Crippen molar-refractivity contribution >= 4 is 33.7 Å². The summed E-state index contributed by atoms with van der Waals surface area (Å²) < 4.78 is 7.21. The van der Waals surface area contributed by atoms with Gasteiger partial charge in [0.05, 0.1) is 5.52 Å². The first-order valence-electron chi connectivity index (χ1n) is 8.80. The Morgan fingerprint density at radius 3 is 2.73 bits per heavy atom. The van der Waals surface area contributed by atoms with E-state index in [-0.39, 0.29) is 0 Å². The van der Waals surface area contributed by atoms with Gasteiger partial charge in [-0.15, -0.1) is 0 Å². The Morgan fingerprint density at radius 1 is 1.31 bits per heavy atom. The van der Waals surface area contributed by atoms with Gasteiger partial charge in [-0.25, -0.2) is 9.78 Å². The SMILES string of the molecule is CCn1nc2c(N)nc3ccccc3c2c1CCNC(=O)OC(C)(C)C. The number of anilines is 1. The molecule has 0 aliphatic rings. The van der Waals surface area contributed by atoms with Crippen molar-refractivity contribution in [3.05, 3.63) is 30.0 Å². The number of hydrogen-bond donors (Lipinski definition) is 2. The number of ether oxygens (including phenoxy) is 1. The molecular formula is C19H25N5O2. The lowest BCUT2D eigenvalue weighted by molar-refractivity contribution is 0.0528. The third-order valence-corrected chi connectivity index (χ3v) is 4.04. The quantitative estimate of drug-likeness (QED) is 0.749. The monoisotopic (exact) mass is 355 g/mol. The first-order chi connectivity index (χ1) is 12.3. The second-order valence-corrected chi connectivity index (χ2v) is 7.18. The van der Waals surface area contributed by atoms with E-state index < -0.39 is 11.7 Å². The molecule has 3 rings (SSSR count). The van der Waals surface area contributed by atoms with Crippen molar-refractivity contribution in [1.82, 2.24) is 20.1 Å². The van der Waals surface area contributed by atoms with E-state index >= 15 is 0 Å². The van der Waals surface area contributed by atoms with Gasteiger partial charge in [-0.3, -0.25) is 4.68 Å². The number of carbonyl (C=O) groups is 1. The number of fused-ring (bicyclic) bond motifs is 3. The highest BCUT2D eigenvalue weighted by molar-refractivity contribution is 6.09. The number of nitrogens with one attached hydrogen (secondary N) is 1. The molecule has 7 nitrogen and oxygen atoms in total. The number of carbonyl (C=O) groups excluding carboxylic acids is 1. The van der Waals surface area contributed by atoms with Crippen molar-refractivity contribution in [1.29, 1.82) is 0 Å². The molecular weight excluding hydrogens is 330 g/mol. The zero-order valence-electron chi connectivity index (χ0n) is 15.7. The fourth-order valence-corrected chi connectivity index (χ4v) is 3.04. The lowest BCUT2D eigenvalue weighted by Crippen LogP contribution is -2.33. The molecule has 2 aromatic heterocycles. The smallest absolute Gasteiger partial charge is 0.407 e. The van der Waals surface area contributed by atoms with Crippen LogP contribution in [0.5, 0.6) is 0 Å². The second-order valence-electron chi connectivity index (χ2n) is 7.18. The van der Waals surface area contributed by atoms with Crippen LogP contribution in [0.3, 0.4) is 0 Å². The molecule has 1 amide bonds. The van der Waals surface area contributed by atoms with Crippen LogP contribution in [-0.4, -0.2) is 33.0 Å². The maximum atomic E-state index is 11.9. The fourth-order valence-electron chi connectivity index (χ4n) is 3.04. The Balaban J connectivity index is 1.93. The maximum absolute atomic E-state index is 11.9. The van der Waals surface area contributed by atoms with E-state index in [2.05, 4.69) is 15.4 Å². The molecule has 0 fully saturated rings. The summed E-state index contributed by atoms with van der Waals surface area (Å²) in [5.41, 5.74) is 8.19. The van der Waals surface area contributed by atoms with Crippen molar-refractivity contribution in [2.24, 2.45) is 0 Å². The zero-order chi connectivity index (χ0) is 18.9. The summed E-state index contributed by atoms with van der Waals surface area (Å²) in [6, 6.07) is 7.88. The number of benzene rings is 1. The van der Waals surface area contributed by atoms with E-state index in [4.69, 9.17) is 10.5 Å². The first kappa shape index (κ1) is 18.0. The van der Waals surface area contributed by atoms with Gasteiger partial charge in [0.25, 0.3) is 0 Å². The Morgan fingerprint density at radius 2 is 2.04 bits per heavy atom. The van der Waals surface area contributed by atoms with Crippen LogP contribution in [0.15, 0.2) is 24.3 Å². The topological polar surface area (TPSA) is 95.1 Å². The van der Waals surface area contributed by atoms with Crippen LogP contribution in [0.25, 0.3) is 21.8 Å². The number of pyridine rings is 1. The summed E-state index contributed by atoms with van der Waals surface area (Å²) in [6.07, 6.45) is 0.201. The molecule has 0 atom stereocenters. The summed E-state index contributed by atoms with van der Waals surface area (Å²) in [7, 11) is 0. The van der Waals surface area contributed by atoms with Crippen LogP contribution in [0, 0.1) is 0 Å². The summed E-state index contributed by atoms with van der Waals surface area (Å²) in [5.74, 6) is 0.423. The molecule has 0 bridgehead atoms. The highest BCUT2D eigenvalue weighted by Gasteiger charge is 2.18. The molecule has 2 heterocycles. The van der Waals surface area contributed by atoms with E-state index in [1.165, 1.54) is 0 Å². The average molecular weight is 355 g/mol. The van der Waals surface area contributed by atoms with Crippen molar-refractivity contribution in [2.75, 3.05) is 12.3 Å². The van der Waals surface area contributed by atoms with Gasteiger partial charge < -0.3 is 15.8 Å². The van der Waals surface area contributed by atoms with E-state index in [1.54, 1.807) is 0 Å². The molecule has 138 valence electrons. The van der Waals surface area contributed by atoms with E-state index in [9.17, 15) is 4.79 Å². The predicted molar refractivity (Wildman–Crippen MR) is 103 cm³/mol. The molecule has 26 heavy (non-hydrogen) atoms. The lowest BCUT2D eigenvalue weighted by atomic mass is 10.1. The molecule has 0 aliphatic carbocycles. The standard InChI is InChI=1S/C19H25N5O2/c1-5-24-14(10-11-21-18(25)26-19(2,3)4)15-12-8-6-7-9-13(12)22-17(20)16(15)23-24/h6-9H,5,10-11H2,1-4H3,(H2,20,22)(H,21,25). The van der Waals surface area contributed by atoms with E-state index in [0.717, 1.165) is 22.0 Å². The van der Waals surface area contributed by atoms with Gasteiger partial charge in [0.2, 0.25) is 0 Å². The number of nitrogens with two attached hydrogens (primary N) is 1. The van der Waals surface area contributed by atoms with Crippen LogP contribution in [0.4, 0.5) is 10.6 Å². The minimum Gasteiger partial charge on any atom is -0.444 e. The van der Waals surface area contributed by atoms with E-state index in [0.29, 0.717) is 30.8 Å². The van der Waals surface area contributed by atoms with E-state index in [1.807, 2.05) is 56.6 Å². The van der Waals surface area contributed by atoms with Crippen molar-refractivity contribution in [3.8, 4) is 0 Å². The normalized spacial score (nSPS) is 11.8. The Bertz CT molecular complexity index is 956. The lowest BCUT2D eigenvalue weighted by Gasteiger charge is -2.19. The molecule has 0 saturated carbocycles. The Labute approximate surface area is 152 Å². The van der Waals surface area contributed by atoms with Gasteiger partial charge in [0, 0.05) is 36.0 Å². The van der Waals surface area contributed by atoms with Crippen molar-refractivity contribution in [3.63, 3.8) is 0 Å². The first-order valence-corrected chi connectivity index (χ1v) is 8.80. The van der Waals surface area contributed by atoms with Gasteiger partial charge in [0.15, 0.2) is 5.82 Å². The van der Waals surface area contributed by atoms with Crippen molar-refractivity contribution in [2.45, 2.75) is 46.3 Å². The largest absolute Gasteiger partial charge is 0.444 e. The number of amides is 1. The second kappa shape index (κ2) is 6.82. The highest BCUT2D eigenvalue weighted by atomic mass is 16.6. The fraction of sp³-hybridized carbons (Fsp3) is 0.421. The van der Waals surface area contributed by atoms with Crippen LogP contribution in [0.2, 0.25) is 0 Å². The van der Waals surface area contributed by atoms with Gasteiger partial charge in [-0.2, -0.15) is 5.10 Å². The number of para-hydroxylation sites is 1. The molecule has 3 N–H and O–H groups in total. The predicted octanol–water partition coefficient (Wildman–Crippen LogP) is 3.25. The molecule has 7 heteroatoms. The van der Waals surface area contributed by atoms with Gasteiger partial charge in [0.1, 0.15) is 11.1 Å². The molecule has 3 aromatic rings. The summed E-state index contributed by atoms with van der Waals surface area (Å²) in [6.45, 7) is 8.72. The molecule has 0 spiro atoms. The maximum Gasteiger partial charge on any atom is 0.407 e. The minimum atomic E-state index is -0.516. The van der Waals surface area contributed by atoms with Crippen LogP contribution in [-0.2, 0) is 17.7 Å². The molecule has 0 saturated heterocycles. The van der Waals surface area contributed by atoms with Crippen LogP contribution < -0.4 is 11.1 Å². The third-order valence-electron chi connectivity index (χ3n) is 4.04. The van der Waals surface area contributed by atoms with Gasteiger partial charge in [-0.1, -0.05) is 18.2 Å². The van der Waals surface area contributed by atoms with Crippen LogP contribution >= 0.6 is 0 Å². The molecule has 0 aliphatic heterocycles. The number of alkyl carbamates (subject to hydrolysis) is 1. The number of aromatic nitrogens is 3. The summed E-state index contributed by atoms with van der Waals surface area (Å²) >= 11 is 0. The number of nitrogens with zero attached hydrogens (tertiary/aromatic N) is 3. The van der Waals surface area contributed by atoms with Gasteiger partial charge in [-0.05, 0) is 33.8 Å². The minimum absolute atomic E-state index is 0.421. The highest BCUT2D eigenvalue weighted by Crippen LogP contribution is 2.30. The third kappa shape index (κ3) is 3.56. The zero-order valence-corrected chi connectivity index (χ0v) is 15.7. The Hall–Kier alpha value is -2.83. The number of nitrogen functional groups attached to an aromatic ring is 1. The molecule has 0 radical (unpaired) electrons. The number of hydrogen-bond acceptors (Lipinski definition) is 5. The summed E-state index contributed by atoms with van der Waals surface area (Å²) in [5, 5.41) is 9.45. The number of aryl methyl sites for hydroxylation is 1. The molecule has 0 unspecified atom stereocenters. The average Bonchev–Trinajstić information content (AvgIpc) is 2.93. The molecule has 1 aromatic carbocycles. The van der Waals surface area contributed by atoms with Crippen molar-refractivity contribution < 1.29 is 9.53 Å².